The van der Waals surface area contributed by atoms with Crippen molar-refractivity contribution < 1.29 is 28.6 Å². The highest BCUT2D eigenvalue weighted by molar-refractivity contribution is 5.71. The van der Waals surface area contributed by atoms with Gasteiger partial charge in [-0.1, -0.05) is 247 Å². The summed E-state index contributed by atoms with van der Waals surface area (Å²) in [5, 5.41) is 0. The molecule has 0 rings (SSSR count). The number of rotatable bonds is 46. The molecular formula is C53H102O6. The van der Waals surface area contributed by atoms with Crippen LogP contribution in [0.5, 0.6) is 0 Å². The van der Waals surface area contributed by atoms with Crippen LogP contribution in [-0.2, 0) is 28.6 Å². The Morgan fingerprint density at radius 2 is 0.593 bits per heavy atom. The fraction of sp³-hybridized carbons (Fsp3) is 0.943. The van der Waals surface area contributed by atoms with Crippen molar-refractivity contribution >= 4 is 17.9 Å². The number of unbranched alkanes of at least 4 members (excludes halogenated alkanes) is 28. The van der Waals surface area contributed by atoms with Crippen molar-refractivity contribution in [3.05, 3.63) is 0 Å². The van der Waals surface area contributed by atoms with E-state index in [2.05, 4.69) is 41.5 Å². The molecular weight excluding hydrogens is 733 g/mol. The molecule has 0 aromatic heterocycles. The molecule has 0 bridgehead atoms. The Bertz CT molecular complexity index is 916. The van der Waals surface area contributed by atoms with Gasteiger partial charge in [0.15, 0.2) is 6.10 Å². The first-order valence-electron chi connectivity index (χ1n) is 26.1. The van der Waals surface area contributed by atoms with Gasteiger partial charge in [0.1, 0.15) is 13.2 Å². The molecule has 0 amide bonds. The minimum Gasteiger partial charge on any atom is -0.462 e. The molecule has 0 saturated heterocycles. The molecule has 0 aromatic rings. The maximum atomic E-state index is 12.8. The van der Waals surface area contributed by atoms with E-state index in [0.717, 1.165) is 75.5 Å². The minimum atomic E-state index is -0.763. The summed E-state index contributed by atoms with van der Waals surface area (Å²) in [5.74, 6) is 1.65. The Morgan fingerprint density at radius 1 is 0.339 bits per heavy atom. The van der Waals surface area contributed by atoms with E-state index in [9.17, 15) is 14.4 Å². The molecule has 0 aliphatic rings. The van der Waals surface area contributed by atoms with Gasteiger partial charge in [-0.25, -0.2) is 0 Å². The zero-order valence-electron chi connectivity index (χ0n) is 40.5. The largest absolute Gasteiger partial charge is 0.462 e. The van der Waals surface area contributed by atoms with Gasteiger partial charge in [-0.15, -0.1) is 0 Å². The van der Waals surface area contributed by atoms with Crippen LogP contribution in [0.25, 0.3) is 0 Å². The van der Waals surface area contributed by atoms with Crippen LogP contribution in [0.2, 0.25) is 0 Å². The fourth-order valence-corrected chi connectivity index (χ4v) is 7.91. The second-order valence-electron chi connectivity index (χ2n) is 19.4. The molecule has 2 atom stereocenters. The van der Waals surface area contributed by atoms with Crippen molar-refractivity contribution in [1.82, 2.24) is 0 Å². The van der Waals surface area contributed by atoms with Crippen molar-refractivity contribution in [2.75, 3.05) is 13.2 Å². The van der Waals surface area contributed by atoms with Crippen LogP contribution < -0.4 is 0 Å². The molecule has 59 heavy (non-hydrogen) atoms. The van der Waals surface area contributed by atoms with Crippen LogP contribution in [0.4, 0.5) is 0 Å². The number of carbonyl (C=O) groups excluding carboxylic acids is 3. The van der Waals surface area contributed by atoms with Gasteiger partial charge in [-0.3, -0.25) is 14.4 Å². The number of carbonyl (C=O) groups is 3. The lowest BCUT2D eigenvalue weighted by molar-refractivity contribution is -0.167. The van der Waals surface area contributed by atoms with Gasteiger partial charge in [0.25, 0.3) is 0 Å². The van der Waals surface area contributed by atoms with Crippen LogP contribution >= 0.6 is 0 Å². The van der Waals surface area contributed by atoms with Gasteiger partial charge in [0.2, 0.25) is 0 Å². The van der Waals surface area contributed by atoms with Crippen LogP contribution in [0, 0.1) is 17.8 Å². The summed E-state index contributed by atoms with van der Waals surface area (Å²) in [6, 6.07) is 0. The Hall–Kier alpha value is -1.59. The van der Waals surface area contributed by atoms with Gasteiger partial charge < -0.3 is 14.2 Å². The minimum absolute atomic E-state index is 0.0652. The van der Waals surface area contributed by atoms with Gasteiger partial charge in [0, 0.05) is 19.3 Å². The normalized spacial score (nSPS) is 12.6. The summed E-state index contributed by atoms with van der Waals surface area (Å²) >= 11 is 0. The van der Waals surface area contributed by atoms with E-state index in [1.807, 2.05) is 0 Å². The number of hydrogen-bond donors (Lipinski definition) is 0. The van der Waals surface area contributed by atoms with Gasteiger partial charge in [-0.2, -0.15) is 0 Å². The van der Waals surface area contributed by atoms with Crippen LogP contribution in [0.1, 0.15) is 286 Å². The predicted molar refractivity (Wildman–Crippen MR) is 252 cm³/mol. The molecule has 0 spiro atoms. The van der Waals surface area contributed by atoms with E-state index in [4.69, 9.17) is 14.2 Å². The lowest BCUT2D eigenvalue weighted by atomic mass is 9.99. The van der Waals surface area contributed by atoms with Crippen molar-refractivity contribution in [2.45, 2.75) is 292 Å². The Kier molecular flexibility index (Phi) is 43.3. The lowest BCUT2D eigenvalue weighted by Gasteiger charge is -2.18. The molecule has 0 fully saturated rings. The summed E-state index contributed by atoms with van der Waals surface area (Å²) in [6.07, 6.45) is 43.7. The van der Waals surface area contributed by atoms with E-state index in [1.54, 1.807) is 0 Å². The summed E-state index contributed by atoms with van der Waals surface area (Å²) < 4.78 is 16.8. The molecule has 6 heteroatoms. The quantitative estimate of drug-likeness (QED) is 0.0345. The molecule has 0 radical (unpaired) electrons. The molecule has 0 N–H and O–H groups in total. The second kappa shape index (κ2) is 44.5. The van der Waals surface area contributed by atoms with Gasteiger partial charge in [0.05, 0.1) is 0 Å². The summed E-state index contributed by atoms with van der Waals surface area (Å²) in [4.78, 5) is 37.9. The second-order valence-corrected chi connectivity index (χ2v) is 19.4. The molecule has 6 nitrogen and oxygen atoms in total. The number of esters is 3. The first-order chi connectivity index (χ1) is 28.6. The predicted octanol–water partition coefficient (Wildman–Crippen LogP) is 16.8. The average molecular weight is 835 g/mol. The zero-order chi connectivity index (χ0) is 43.4. The molecule has 0 aliphatic heterocycles. The Morgan fingerprint density at radius 3 is 0.881 bits per heavy atom. The first kappa shape index (κ1) is 57.4. The number of ether oxygens (including phenoxy) is 3. The van der Waals surface area contributed by atoms with Crippen molar-refractivity contribution in [3.63, 3.8) is 0 Å². The molecule has 0 aromatic carbocycles. The zero-order valence-corrected chi connectivity index (χ0v) is 40.5. The third-order valence-electron chi connectivity index (χ3n) is 12.3. The lowest BCUT2D eigenvalue weighted by Crippen LogP contribution is -2.30. The van der Waals surface area contributed by atoms with Gasteiger partial charge in [-0.05, 0) is 37.0 Å². The van der Waals surface area contributed by atoms with E-state index < -0.39 is 6.10 Å². The topological polar surface area (TPSA) is 78.9 Å². The maximum absolute atomic E-state index is 12.8. The van der Waals surface area contributed by atoms with Gasteiger partial charge >= 0.3 is 17.9 Å². The van der Waals surface area contributed by atoms with Crippen molar-refractivity contribution in [3.8, 4) is 0 Å². The summed E-state index contributed by atoms with van der Waals surface area (Å²) in [6.45, 7) is 13.7. The van der Waals surface area contributed by atoms with E-state index in [0.29, 0.717) is 19.3 Å². The highest BCUT2D eigenvalue weighted by Gasteiger charge is 2.19. The summed E-state index contributed by atoms with van der Waals surface area (Å²) in [5.41, 5.74) is 0. The van der Waals surface area contributed by atoms with E-state index >= 15 is 0 Å². The SMILES string of the molecule is CCC(C)CCCCCCCCCCC(=O)OC[C@H](COC(=O)CCCCCCCCCCCC(C)C)OC(=O)CCCCCCCCCCCCCCCCC(C)C. The molecule has 1 unspecified atom stereocenters. The van der Waals surface area contributed by atoms with Crippen molar-refractivity contribution in [1.29, 1.82) is 0 Å². The van der Waals surface area contributed by atoms with Crippen LogP contribution in [0.15, 0.2) is 0 Å². The van der Waals surface area contributed by atoms with Crippen LogP contribution in [-0.4, -0.2) is 37.2 Å². The molecule has 350 valence electrons. The third-order valence-corrected chi connectivity index (χ3v) is 12.3. The first-order valence-corrected chi connectivity index (χ1v) is 26.1. The molecule has 0 heterocycles. The summed E-state index contributed by atoms with van der Waals surface area (Å²) in [7, 11) is 0. The molecule has 0 aliphatic carbocycles. The average Bonchev–Trinajstić information content (AvgIpc) is 3.20. The Labute approximate surface area is 368 Å². The smallest absolute Gasteiger partial charge is 0.306 e. The maximum Gasteiger partial charge on any atom is 0.306 e. The highest BCUT2D eigenvalue weighted by Crippen LogP contribution is 2.18. The van der Waals surface area contributed by atoms with Crippen LogP contribution in [0.3, 0.4) is 0 Å². The van der Waals surface area contributed by atoms with E-state index in [-0.39, 0.29) is 31.1 Å². The fourth-order valence-electron chi connectivity index (χ4n) is 7.91. The standard InChI is InChI=1S/C53H102O6/c1-7-49(6)41-35-29-23-19-20-25-31-37-43-52(55)58-46-50(45-57-51(54)42-36-30-24-18-14-16-22-28-34-40-48(4)5)59-53(56)44-38-32-26-17-13-11-9-8-10-12-15-21-27-33-39-47(2)3/h47-50H,7-46H2,1-6H3/t49?,50-/m0/s1. The highest BCUT2D eigenvalue weighted by atomic mass is 16.6. The monoisotopic (exact) mass is 835 g/mol. The number of hydrogen-bond acceptors (Lipinski definition) is 6. The van der Waals surface area contributed by atoms with Crippen molar-refractivity contribution in [2.24, 2.45) is 17.8 Å². The Balaban J connectivity index is 4.32. The third kappa shape index (κ3) is 45.8. The van der Waals surface area contributed by atoms with E-state index in [1.165, 1.54) is 167 Å². The molecule has 0 saturated carbocycles.